The predicted molar refractivity (Wildman–Crippen MR) is 98.2 cm³/mol. The Hall–Kier alpha value is -2.05. The lowest BCUT2D eigenvalue weighted by atomic mass is 10.1. The second-order valence-corrected chi connectivity index (χ2v) is 7.96. The molecule has 0 bridgehead atoms. The molecule has 0 spiro atoms. The van der Waals surface area contributed by atoms with Crippen LogP contribution in [0.15, 0.2) is 42.5 Å². The zero-order chi connectivity index (χ0) is 17.9. The van der Waals surface area contributed by atoms with E-state index in [-0.39, 0.29) is 6.54 Å². The van der Waals surface area contributed by atoms with Crippen molar-refractivity contribution in [3.8, 4) is 0 Å². The quantitative estimate of drug-likeness (QED) is 0.882. The number of amides is 1. The molecule has 1 amide bonds. The lowest BCUT2D eigenvalue weighted by Gasteiger charge is -2.22. The number of anilines is 2. The maximum atomic E-state index is 12.3. The third-order valence-electron chi connectivity index (χ3n) is 3.45. The Labute approximate surface area is 147 Å². The van der Waals surface area contributed by atoms with E-state index in [1.165, 1.54) is 6.07 Å². The Morgan fingerprint density at radius 1 is 1.17 bits per heavy atom. The molecule has 0 saturated carbocycles. The first-order chi connectivity index (χ1) is 11.2. The number of carbonyl (C=O) groups is 1. The summed E-state index contributed by atoms with van der Waals surface area (Å²) in [5, 5.41) is 3.16. The van der Waals surface area contributed by atoms with Gasteiger partial charge in [-0.1, -0.05) is 29.8 Å². The van der Waals surface area contributed by atoms with Crippen LogP contribution in [-0.2, 0) is 14.8 Å². The van der Waals surface area contributed by atoms with Gasteiger partial charge in [0.15, 0.2) is 0 Å². The summed E-state index contributed by atoms with van der Waals surface area (Å²) in [5.41, 5.74) is 2.92. The van der Waals surface area contributed by atoms with Crippen LogP contribution >= 0.6 is 11.6 Å². The van der Waals surface area contributed by atoms with Crippen molar-refractivity contribution in [2.45, 2.75) is 13.8 Å². The molecule has 2 aromatic rings. The van der Waals surface area contributed by atoms with Crippen molar-refractivity contribution in [1.82, 2.24) is 0 Å². The smallest absolute Gasteiger partial charge is 0.245 e. The number of nitrogens with zero attached hydrogens (tertiary/aromatic N) is 1. The van der Waals surface area contributed by atoms with Crippen LogP contribution in [0.25, 0.3) is 0 Å². The van der Waals surface area contributed by atoms with Crippen molar-refractivity contribution >= 4 is 38.9 Å². The molecular weight excluding hydrogens is 348 g/mol. The van der Waals surface area contributed by atoms with Crippen LogP contribution in [0, 0.1) is 13.8 Å². The lowest BCUT2D eigenvalue weighted by molar-refractivity contribution is -0.114. The molecule has 5 nitrogen and oxygen atoms in total. The highest BCUT2D eigenvalue weighted by atomic mass is 35.5. The molecule has 0 aliphatic heterocycles. The van der Waals surface area contributed by atoms with E-state index >= 15 is 0 Å². The van der Waals surface area contributed by atoms with Gasteiger partial charge in [0, 0.05) is 10.7 Å². The van der Waals surface area contributed by atoms with Gasteiger partial charge in [-0.2, -0.15) is 0 Å². The molecule has 0 radical (unpaired) electrons. The summed E-state index contributed by atoms with van der Waals surface area (Å²) in [4.78, 5) is 12.3. The molecule has 2 aromatic carbocycles. The molecule has 0 atom stereocenters. The van der Waals surface area contributed by atoms with Gasteiger partial charge in [-0.05, 0) is 49.2 Å². The van der Waals surface area contributed by atoms with E-state index in [1.807, 2.05) is 32.0 Å². The monoisotopic (exact) mass is 366 g/mol. The van der Waals surface area contributed by atoms with Crippen molar-refractivity contribution in [3.63, 3.8) is 0 Å². The van der Waals surface area contributed by atoms with Crippen LogP contribution in [0.2, 0.25) is 5.02 Å². The van der Waals surface area contributed by atoms with Gasteiger partial charge in [-0.15, -0.1) is 0 Å². The molecule has 0 saturated heterocycles. The van der Waals surface area contributed by atoms with Gasteiger partial charge in [-0.25, -0.2) is 8.42 Å². The highest BCUT2D eigenvalue weighted by Gasteiger charge is 2.21. The second-order valence-electron chi connectivity index (χ2n) is 5.62. The molecular formula is C17H19ClN2O3S. The van der Waals surface area contributed by atoms with Crippen LogP contribution < -0.4 is 9.62 Å². The molecule has 0 aliphatic carbocycles. The minimum atomic E-state index is -3.63. The van der Waals surface area contributed by atoms with E-state index in [9.17, 15) is 13.2 Å². The standard InChI is InChI=1S/C17H19ClN2O3S/c1-12-7-8-13(2)16(9-12)19-17(21)11-20(24(3,22)23)15-6-4-5-14(18)10-15/h4-10H,11H2,1-3H3,(H,19,21). The Balaban J connectivity index is 2.24. The summed E-state index contributed by atoms with van der Waals surface area (Å²) in [6, 6.07) is 12.1. The number of benzene rings is 2. The first-order valence-electron chi connectivity index (χ1n) is 7.27. The minimum Gasteiger partial charge on any atom is -0.324 e. The number of carbonyl (C=O) groups excluding carboxylic acids is 1. The van der Waals surface area contributed by atoms with E-state index in [1.54, 1.807) is 18.2 Å². The number of aryl methyl sites for hydroxylation is 2. The van der Waals surface area contributed by atoms with E-state index in [0.717, 1.165) is 21.7 Å². The van der Waals surface area contributed by atoms with Gasteiger partial charge in [0.05, 0.1) is 11.9 Å². The first-order valence-corrected chi connectivity index (χ1v) is 9.50. The number of halogens is 1. The fraction of sp³-hybridized carbons (Fsp3) is 0.235. The van der Waals surface area contributed by atoms with Crippen LogP contribution in [0.1, 0.15) is 11.1 Å². The third kappa shape index (κ3) is 4.72. The Morgan fingerprint density at radius 2 is 1.88 bits per heavy atom. The number of nitrogens with one attached hydrogen (secondary N) is 1. The number of sulfonamides is 1. The molecule has 0 fully saturated rings. The van der Waals surface area contributed by atoms with Gasteiger partial charge in [0.2, 0.25) is 15.9 Å². The zero-order valence-electron chi connectivity index (χ0n) is 13.7. The summed E-state index contributed by atoms with van der Waals surface area (Å²) in [6.45, 7) is 3.47. The fourth-order valence-electron chi connectivity index (χ4n) is 2.22. The Morgan fingerprint density at radius 3 is 2.50 bits per heavy atom. The van der Waals surface area contributed by atoms with Crippen molar-refractivity contribution in [1.29, 1.82) is 0 Å². The Bertz CT molecular complexity index is 866. The van der Waals surface area contributed by atoms with E-state index < -0.39 is 15.9 Å². The zero-order valence-corrected chi connectivity index (χ0v) is 15.3. The number of hydrogen-bond donors (Lipinski definition) is 1. The molecule has 24 heavy (non-hydrogen) atoms. The molecule has 0 aromatic heterocycles. The predicted octanol–water partition coefficient (Wildman–Crippen LogP) is 3.36. The van der Waals surface area contributed by atoms with Crippen molar-refractivity contribution in [3.05, 3.63) is 58.6 Å². The second kappa shape index (κ2) is 7.23. The maximum absolute atomic E-state index is 12.3. The maximum Gasteiger partial charge on any atom is 0.245 e. The van der Waals surface area contributed by atoms with Crippen LogP contribution in [0.5, 0.6) is 0 Å². The largest absolute Gasteiger partial charge is 0.324 e. The minimum absolute atomic E-state index is 0.327. The van der Waals surface area contributed by atoms with Gasteiger partial charge in [-0.3, -0.25) is 9.10 Å². The van der Waals surface area contributed by atoms with Gasteiger partial charge >= 0.3 is 0 Å². The molecule has 0 aliphatic rings. The first kappa shape index (κ1) is 18.3. The van der Waals surface area contributed by atoms with Crippen molar-refractivity contribution < 1.29 is 13.2 Å². The molecule has 128 valence electrons. The van der Waals surface area contributed by atoms with E-state index in [0.29, 0.717) is 16.4 Å². The molecule has 7 heteroatoms. The van der Waals surface area contributed by atoms with Crippen LogP contribution in [-0.4, -0.2) is 27.1 Å². The summed E-state index contributed by atoms with van der Waals surface area (Å²) in [5.74, 6) is -0.422. The topological polar surface area (TPSA) is 66.5 Å². The fourth-order valence-corrected chi connectivity index (χ4v) is 3.25. The summed E-state index contributed by atoms with van der Waals surface area (Å²) in [6.07, 6.45) is 1.05. The van der Waals surface area contributed by atoms with Crippen LogP contribution in [0.3, 0.4) is 0 Å². The summed E-state index contributed by atoms with van der Waals surface area (Å²) in [7, 11) is -3.63. The summed E-state index contributed by atoms with van der Waals surface area (Å²) >= 11 is 5.92. The molecule has 0 unspecified atom stereocenters. The van der Waals surface area contributed by atoms with Crippen LogP contribution in [0.4, 0.5) is 11.4 Å². The molecule has 0 heterocycles. The summed E-state index contributed by atoms with van der Waals surface area (Å²) < 4.78 is 25.1. The van der Waals surface area contributed by atoms with Crippen molar-refractivity contribution in [2.75, 3.05) is 22.4 Å². The highest BCUT2D eigenvalue weighted by Crippen LogP contribution is 2.22. The van der Waals surface area contributed by atoms with Gasteiger partial charge < -0.3 is 5.32 Å². The third-order valence-corrected chi connectivity index (χ3v) is 4.83. The number of rotatable bonds is 5. The normalized spacial score (nSPS) is 11.2. The molecule has 2 rings (SSSR count). The van der Waals surface area contributed by atoms with E-state index in [2.05, 4.69) is 5.32 Å². The van der Waals surface area contributed by atoms with Gasteiger partial charge in [0.1, 0.15) is 6.54 Å². The van der Waals surface area contributed by atoms with E-state index in [4.69, 9.17) is 11.6 Å². The average Bonchev–Trinajstić information content (AvgIpc) is 2.47. The highest BCUT2D eigenvalue weighted by molar-refractivity contribution is 7.92. The average molecular weight is 367 g/mol. The number of hydrogen-bond acceptors (Lipinski definition) is 3. The van der Waals surface area contributed by atoms with Crippen molar-refractivity contribution in [2.24, 2.45) is 0 Å². The lowest BCUT2D eigenvalue weighted by Crippen LogP contribution is -2.37. The molecule has 1 N–H and O–H groups in total. The Kier molecular flexibility index (Phi) is 5.51. The SMILES string of the molecule is Cc1ccc(C)c(NC(=O)CN(c2cccc(Cl)c2)S(C)(=O)=O)c1. The van der Waals surface area contributed by atoms with Gasteiger partial charge in [0.25, 0.3) is 0 Å².